The Morgan fingerprint density at radius 2 is 1.89 bits per heavy atom. The molecule has 4 rings (SSSR count). The molecule has 0 aliphatic carbocycles. The van der Waals surface area contributed by atoms with Gasteiger partial charge in [0.2, 0.25) is 11.8 Å². The molecule has 27 heavy (non-hydrogen) atoms. The smallest absolute Gasteiger partial charge is 0.253 e. The van der Waals surface area contributed by atoms with E-state index in [0.29, 0.717) is 23.9 Å². The summed E-state index contributed by atoms with van der Waals surface area (Å²) in [5, 5.41) is 8.41. The van der Waals surface area contributed by atoms with E-state index >= 15 is 0 Å². The Morgan fingerprint density at radius 1 is 1.11 bits per heavy atom. The predicted molar refractivity (Wildman–Crippen MR) is 101 cm³/mol. The van der Waals surface area contributed by atoms with Gasteiger partial charge in [-0.25, -0.2) is 0 Å². The van der Waals surface area contributed by atoms with E-state index in [1.54, 1.807) is 31.4 Å². The van der Waals surface area contributed by atoms with Crippen molar-refractivity contribution in [3.8, 4) is 17.2 Å². The van der Waals surface area contributed by atoms with E-state index in [1.165, 1.54) is 0 Å². The molecule has 1 aromatic heterocycles. The van der Waals surface area contributed by atoms with Gasteiger partial charge in [-0.15, -0.1) is 10.2 Å². The van der Waals surface area contributed by atoms with E-state index in [0.717, 1.165) is 30.7 Å². The molecule has 1 amide bonds. The molecule has 6 heteroatoms. The topological polar surface area (TPSA) is 68.5 Å². The number of methoxy groups -OCH3 is 1. The zero-order valence-electron chi connectivity index (χ0n) is 15.2. The summed E-state index contributed by atoms with van der Waals surface area (Å²) in [7, 11) is 1.61. The van der Waals surface area contributed by atoms with Crippen molar-refractivity contribution in [2.75, 3.05) is 20.2 Å². The summed E-state index contributed by atoms with van der Waals surface area (Å²) >= 11 is 0. The molecule has 0 spiro atoms. The maximum Gasteiger partial charge on any atom is 0.253 e. The monoisotopic (exact) mass is 363 g/mol. The number of hydrogen-bond acceptors (Lipinski definition) is 5. The first kappa shape index (κ1) is 17.3. The molecule has 138 valence electrons. The highest BCUT2D eigenvalue weighted by molar-refractivity contribution is 5.94. The number of carbonyl (C=O) groups excluding carboxylic acids is 1. The molecule has 0 bridgehead atoms. The number of carbonyl (C=O) groups is 1. The molecule has 0 N–H and O–H groups in total. The normalized spacial score (nSPS) is 16.9. The Labute approximate surface area is 157 Å². The van der Waals surface area contributed by atoms with Crippen LogP contribution in [0.4, 0.5) is 0 Å². The van der Waals surface area contributed by atoms with Gasteiger partial charge in [0, 0.05) is 24.2 Å². The molecular weight excluding hydrogens is 342 g/mol. The summed E-state index contributed by atoms with van der Waals surface area (Å²) in [6.07, 6.45) is 1.85. The van der Waals surface area contributed by atoms with E-state index < -0.39 is 0 Å². The Bertz CT molecular complexity index is 906. The first-order valence-corrected chi connectivity index (χ1v) is 9.07. The molecule has 1 aliphatic rings. The summed E-state index contributed by atoms with van der Waals surface area (Å²) in [6.45, 7) is 1.32. The van der Waals surface area contributed by atoms with Crippen LogP contribution in [0.25, 0.3) is 11.5 Å². The standard InChI is InChI=1S/C21H21N3O3/c1-26-18-11-9-16(10-12-18)21(25)24-13-5-8-17(14-24)20-23-22-19(27-20)15-6-3-2-4-7-15/h2-4,6-7,9-12,17H,5,8,13-14H2,1H3/t17-/m1/s1. The lowest BCUT2D eigenvalue weighted by molar-refractivity contribution is 0.0698. The zero-order valence-corrected chi connectivity index (χ0v) is 15.2. The fourth-order valence-corrected chi connectivity index (χ4v) is 3.38. The third-order valence-corrected chi connectivity index (χ3v) is 4.86. The van der Waals surface area contributed by atoms with Crippen LogP contribution in [0.2, 0.25) is 0 Å². The minimum atomic E-state index is 0.0187. The molecule has 3 aromatic rings. The first-order chi connectivity index (χ1) is 13.2. The molecule has 0 radical (unpaired) electrons. The fourth-order valence-electron chi connectivity index (χ4n) is 3.38. The lowest BCUT2D eigenvalue weighted by Gasteiger charge is -2.31. The maximum absolute atomic E-state index is 12.8. The maximum atomic E-state index is 12.8. The van der Waals surface area contributed by atoms with Gasteiger partial charge in [-0.05, 0) is 49.2 Å². The summed E-state index contributed by atoms with van der Waals surface area (Å²) in [5.74, 6) is 1.93. The predicted octanol–water partition coefficient (Wildman–Crippen LogP) is 3.77. The average molecular weight is 363 g/mol. The van der Waals surface area contributed by atoms with Gasteiger partial charge in [0.15, 0.2) is 0 Å². The summed E-state index contributed by atoms with van der Waals surface area (Å²) < 4.78 is 11.1. The quantitative estimate of drug-likeness (QED) is 0.706. The average Bonchev–Trinajstić information content (AvgIpc) is 3.24. The summed E-state index contributed by atoms with van der Waals surface area (Å²) in [6, 6.07) is 16.9. The van der Waals surface area contributed by atoms with Crippen LogP contribution in [0, 0.1) is 0 Å². The molecule has 6 nitrogen and oxygen atoms in total. The van der Waals surface area contributed by atoms with Crippen LogP contribution in [-0.2, 0) is 0 Å². The second kappa shape index (κ2) is 7.61. The van der Waals surface area contributed by atoms with Gasteiger partial charge >= 0.3 is 0 Å². The highest BCUT2D eigenvalue weighted by atomic mass is 16.5. The second-order valence-electron chi connectivity index (χ2n) is 6.63. The van der Waals surface area contributed by atoms with Crippen LogP contribution in [0.5, 0.6) is 5.75 Å². The third kappa shape index (κ3) is 3.69. The number of rotatable bonds is 4. The minimum Gasteiger partial charge on any atom is -0.497 e. The largest absolute Gasteiger partial charge is 0.497 e. The van der Waals surface area contributed by atoms with Crippen molar-refractivity contribution in [2.24, 2.45) is 0 Å². The van der Waals surface area contributed by atoms with Crippen LogP contribution < -0.4 is 4.74 Å². The number of piperidine rings is 1. The van der Waals surface area contributed by atoms with Crippen LogP contribution in [0.15, 0.2) is 59.0 Å². The van der Waals surface area contributed by atoms with Crippen molar-refractivity contribution in [1.29, 1.82) is 0 Å². The van der Waals surface area contributed by atoms with Crippen LogP contribution >= 0.6 is 0 Å². The van der Waals surface area contributed by atoms with Crippen molar-refractivity contribution in [3.63, 3.8) is 0 Å². The van der Waals surface area contributed by atoms with E-state index in [4.69, 9.17) is 9.15 Å². The fraction of sp³-hybridized carbons (Fsp3) is 0.286. The van der Waals surface area contributed by atoms with Crippen LogP contribution in [0.3, 0.4) is 0 Å². The molecule has 2 aromatic carbocycles. The number of hydrogen-bond donors (Lipinski definition) is 0. The molecule has 1 fully saturated rings. The van der Waals surface area contributed by atoms with Gasteiger partial charge in [-0.2, -0.15) is 0 Å². The van der Waals surface area contributed by atoms with Crippen molar-refractivity contribution < 1.29 is 13.9 Å². The zero-order chi connectivity index (χ0) is 18.6. The lowest BCUT2D eigenvalue weighted by atomic mass is 9.97. The van der Waals surface area contributed by atoms with E-state index in [9.17, 15) is 4.79 Å². The number of aromatic nitrogens is 2. The summed E-state index contributed by atoms with van der Waals surface area (Å²) in [4.78, 5) is 14.7. The van der Waals surface area contributed by atoms with E-state index in [1.807, 2.05) is 35.2 Å². The third-order valence-electron chi connectivity index (χ3n) is 4.86. The molecule has 1 atom stereocenters. The number of nitrogens with zero attached hydrogens (tertiary/aromatic N) is 3. The Hall–Kier alpha value is -3.15. The number of amides is 1. The number of ether oxygens (including phenoxy) is 1. The van der Waals surface area contributed by atoms with Gasteiger partial charge in [0.05, 0.1) is 13.0 Å². The van der Waals surface area contributed by atoms with Crippen molar-refractivity contribution in [3.05, 3.63) is 66.1 Å². The van der Waals surface area contributed by atoms with Gasteiger partial charge < -0.3 is 14.1 Å². The molecule has 0 unspecified atom stereocenters. The minimum absolute atomic E-state index is 0.0187. The number of benzene rings is 2. The second-order valence-corrected chi connectivity index (χ2v) is 6.63. The Balaban J connectivity index is 1.48. The molecule has 2 heterocycles. The highest BCUT2D eigenvalue weighted by Gasteiger charge is 2.29. The molecule has 0 saturated carbocycles. The Morgan fingerprint density at radius 3 is 2.63 bits per heavy atom. The van der Waals surface area contributed by atoms with Gasteiger partial charge in [0.25, 0.3) is 5.91 Å². The molecule has 1 saturated heterocycles. The van der Waals surface area contributed by atoms with Gasteiger partial charge in [-0.3, -0.25) is 4.79 Å². The molecular formula is C21H21N3O3. The van der Waals surface area contributed by atoms with Crippen molar-refractivity contribution in [2.45, 2.75) is 18.8 Å². The van der Waals surface area contributed by atoms with Crippen molar-refractivity contribution >= 4 is 5.91 Å². The SMILES string of the molecule is COc1ccc(C(=O)N2CCC[C@@H](c3nnc(-c4ccccc4)o3)C2)cc1. The first-order valence-electron chi connectivity index (χ1n) is 9.07. The van der Waals surface area contributed by atoms with Crippen molar-refractivity contribution in [1.82, 2.24) is 15.1 Å². The molecule has 1 aliphatic heterocycles. The Kier molecular flexibility index (Phi) is 4.87. The number of likely N-dealkylation sites (tertiary alicyclic amines) is 1. The van der Waals surface area contributed by atoms with E-state index in [2.05, 4.69) is 10.2 Å². The van der Waals surface area contributed by atoms with Crippen LogP contribution in [-0.4, -0.2) is 41.2 Å². The summed E-state index contributed by atoms with van der Waals surface area (Å²) in [5.41, 5.74) is 1.56. The van der Waals surface area contributed by atoms with E-state index in [-0.39, 0.29) is 11.8 Å². The van der Waals surface area contributed by atoms with Gasteiger partial charge in [-0.1, -0.05) is 18.2 Å². The van der Waals surface area contributed by atoms with Gasteiger partial charge in [0.1, 0.15) is 5.75 Å². The highest BCUT2D eigenvalue weighted by Crippen LogP contribution is 2.29. The van der Waals surface area contributed by atoms with Crippen LogP contribution in [0.1, 0.15) is 35.0 Å². The lowest BCUT2D eigenvalue weighted by Crippen LogP contribution is -2.39.